The minimum Gasteiger partial charge on any atom is -0.493 e. The molecule has 0 aromatic heterocycles. The molecule has 0 heterocycles. The van der Waals surface area contributed by atoms with Crippen molar-refractivity contribution in [2.24, 2.45) is 0 Å². The van der Waals surface area contributed by atoms with Crippen LogP contribution in [0.5, 0.6) is 17.2 Å². The second-order valence-corrected chi connectivity index (χ2v) is 5.04. The predicted octanol–water partition coefficient (Wildman–Crippen LogP) is 5.01. The van der Waals surface area contributed by atoms with Gasteiger partial charge in [0.1, 0.15) is 5.75 Å². The van der Waals surface area contributed by atoms with Crippen LogP contribution < -0.4 is 9.47 Å². The molecule has 0 saturated heterocycles. The Balaban J connectivity index is 2.41. The average molecular weight is 328 g/mol. The van der Waals surface area contributed by atoms with Crippen molar-refractivity contribution in [3.05, 3.63) is 56.1 Å². The Bertz CT molecular complexity index is 704. The number of hydrogen-bond acceptors (Lipinski definition) is 4. The van der Waals surface area contributed by atoms with Crippen molar-refractivity contribution in [3.63, 3.8) is 0 Å². The fourth-order valence-corrected chi connectivity index (χ4v) is 2.04. The zero-order valence-electron chi connectivity index (χ0n) is 11.2. The van der Waals surface area contributed by atoms with Crippen molar-refractivity contribution in [1.29, 1.82) is 0 Å². The first-order valence-corrected chi connectivity index (χ1v) is 6.64. The van der Waals surface area contributed by atoms with Gasteiger partial charge in [-0.05, 0) is 25.1 Å². The van der Waals surface area contributed by atoms with Crippen molar-refractivity contribution in [3.8, 4) is 17.2 Å². The van der Waals surface area contributed by atoms with Gasteiger partial charge in [0, 0.05) is 11.6 Å². The molecule has 2 aromatic carbocycles. The Morgan fingerprint density at radius 3 is 2.38 bits per heavy atom. The summed E-state index contributed by atoms with van der Waals surface area (Å²) in [7, 11) is 1.41. The van der Waals surface area contributed by atoms with Gasteiger partial charge in [0.05, 0.1) is 28.1 Å². The third-order valence-electron chi connectivity index (χ3n) is 2.80. The lowest BCUT2D eigenvalue weighted by Gasteiger charge is -2.12. The van der Waals surface area contributed by atoms with Crippen LogP contribution >= 0.6 is 23.2 Å². The zero-order chi connectivity index (χ0) is 15.6. The van der Waals surface area contributed by atoms with Crippen LogP contribution in [0.3, 0.4) is 0 Å². The van der Waals surface area contributed by atoms with Crippen molar-refractivity contribution in [1.82, 2.24) is 0 Å². The fourth-order valence-electron chi connectivity index (χ4n) is 1.75. The van der Waals surface area contributed by atoms with E-state index in [1.807, 2.05) is 0 Å². The molecule has 0 N–H and O–H groups in total. The maximum Gasteiger partial charge on any atom is 0.276 e. The number of rotatable bonds is 4. The number of halogens is 2. The molecule has 5 nitrogen and oxygen atoms in total. The Morgan fingerprint density at radius 2 is 1.81 bits per heavy atom. The van der Waals surface area contributed by atoms with Gasteiger partial charge in [0.15, 0.2) is 11.5 Å². The molecule has 7 heteroatoms. The van der Waals surface area contributed by atoms with E-state index in [2.05, 4.69) is 0 Å². The summed E-state index contributed by atoms with van der Waals surface area (Å²) < 4.78 is 10.8. The van der Waals surface area contributed by atoms with E-state index in [1.165, 1.54) is 13.2 Å². The standard InChI is InChI=1S/C14H11Cl2NO4/c1-8-5-14(13(20-2)7-12(8)17(18)19)21-9-3-4-10(15)11(16)6-9/h3-7H,1-2H3. The lowest BCUT2D eigenvalue weighted by molar-refractivity contribution is -0.385. The second kappa shape index (κ2) is 6.20. The molecule has 0 spiro atoms. The van der Waals surface area contributed by atoms with E-state index in [4.69, 9.17) is 32.7 Å². The third kappa shape index (κ3) is 3.37. The highest BCUT2D eigenvalue weighted by Gasteiger charge is 2.17. The molecule has 0 bridgehead atoms. The summed E-state index contributed by atoms with van der Waals surface area (Å²) >= 11 is 11.8. The van der Waals surface area contributed by atoms with Gasteiger partial charge in [0.2, 0.25) is 0 Å². The number of methoxy groups -OCH3 is 1. The molecule has 0 radical (unpaired) electrons. The Kier molecular flexibility index (Phi) is 4.55. The molecular formula is C14H11Cl2NO4. The van der Waals surface area contributed by atoms with Crippen LogP contribution in [0.15, 0.2) is 30.3 Å². The normalized spacial score (nSPS) is 10.3. The lowest BCUT2D eigenvalue weighted by atomic mass is 10.2. The summed E-state index contributed by atoms with van der Waals surface area (Å²) in [6.45, 7) is 1.62. The number of nitro benzene ring substituents is 1. The van der Waals surface area contributed by atoms with Gasteiger partial charge >= 0.3 is 0 Å². The monoisotopic (exact) mass is 327 g/mol. The second-order valence-electron chi connectivity index (χ2n) is 4.22. The molecule has 0 aliphatic carbocycles. The quantitative estimate of drug-likeness (QED) is 0.584. The first kappa shape index (κ1) is 15.4. The number of hydrogen-bond donors (Lipinski definition) is 0. The molecule has 0 unspecified atom stereocenters. The molecule has 2 rings (SSSR count). The van der Waals surface area contributed by atoms with E-state index < -0.39 is 4.92 Å². The summed E-state index contributed by atoms with van der Waals surface area (Å²) in [6.07, 6.45) is 0. The fraction of sp³-hybridized carbons (Fsp3) is 0.143. The smallest absolute Gasteiger partial charge is 0.276 e. The van der Waals surface area contributed by atoms with Crippen molar-refractivity contribution in [2.75, 3.05) is 7.11 Å². The molecule has 21 heavy (non-hydrogen) atoms. The minimum absolute atomic E-state index is 0.0339. The molecule has 0 atom stereocenters. The summed E-state index contributed by atoms with van der Waals surface area (Å²) in [5.41, 5.74) is 0.434. The largest absolute Gasteiger partial charge is 0.493 e. The van der Waals surface area contributed by atoms with E-state index in [0.29, 0.717) is 27.1 Å². The lowest BCUT2D eigenvalue weighted by Crippen LogP contribution is -1.96. The van der Waals surface area contributed by atoms with Crippen LogP contribution in [0.25, 0.3) is 0 Å². The summed E-state index contributed by atoms with van der Waals surface area (Å²) in [6, 6.07) is 7.66. The predicted molar refractivity (Wildman–Crippen MR) is 80.9 cm³/mol. The van der Waals surface area contributed by atoms with Gasteiger partial charge in [-0.2, -0.15) is 0 Å². The highest BCUT2D eigenvalue weighted by Crippen LogP contribution is 2.38. The van der Waals surface area contributed by atoms with Gasteiger partial charge in [-0.25, -0.2) is 0 Å². The van der Waals surface area contributed by atoms with Crippen LogP contribution in [-0.2, 0) is 0 Å². The van der Waals surface area contributed by atoms with E-state index in [9.17, 15) is 10.1 Å². The highest BCUT2D eigenvalue weighted by atomic mass is 35.5. The molecule has 2 aromatic rings. The zero-order valence-corrected chi connectivity index (χ0v) is 12.7. The number of nitro groups is 1. The van der Waals surface area contributed by atoms with Crippen molar-refractivity contribution in [2.45, 2.75) is 6.92 Å². The number of benzene rings is 2. The average Bonchev–Trinajstić information content (AvgIpc) is 2.43. The molecule has 0 aliphatic rings. The van der Waals surface area contributed by atoms with E-state index in [-0.39, 0.29) is 11.4 Å². The third-order valence-corrected chi connectivity index (χ3v) is 3.54. The van der Waals surface area contributed by atoms with Crippen LogP contribution in [0, 0.1) is 17.0 Å². The van der Waals surface area contributed by atoms with E-state index in [1.54, 1.807) is 31.2 Å². The Morgan fingerprint density at radius 1 is 1.10 bits per heavy atom. The number of aryl methyl sites for hydroxylation is 1. The van der Waals surface area contributed by atoms with Crippen LogP contribution in [0.2, 0.25) is 10.0 Å². The molecule has 110 valence electrons. The number of ether oxygens (including phenoxy) is 2. The van der Waals surface area contributed by atoms with E-state index >= 15 is 0 Å². The summed E-state index contributed by atoms with van der Waals surface area (Å²) in [5.74, 6) is 1.08. The summed E-state index contributed by atoms with van der Waals surface area (Å²) in [4.78, 5) is 10.4. The van der Waals surface area contributed by atoms with Gasteiger partial charge in [-0.15, -0.1) is 0 Å². The van der Waals surface area contributed by atoms with Crippen LogP contribution in [0.1, 0.15) is 5.56 Å². The molecule has 0 fully saturated rings. The first-order valence-electron chi connectivity index (χ1n) is 5.88. The van der Waals surface area contributed by atoms with Gasteiger partial charge in [-0.1, -0.05) is 23.2 Å². The first-order chi connectivity index (χ1) is 9.92. The highest BCUT2D eigenvalue weighted by molar-refractivity contribution is 6.42. The summed E-state index contributed by atoms with van der Waals surface area (Å²) in [5, 5.41) is 11.7. The topological polar surface area (TPSA) is 61.6 Å². The van der Waals surface area contributed by atoms with Crippen LogP contribution in [-0.4, -0.2) is 12.0 Å². The number of nitrogens with zero attached hydrogens (tertiary/aromatic N) is 1. The molecule has 0 aliphatic heterocycles. The van der Waals surface area contributed by atoms with E-state index in [0.717, 1.165) is 0 Å². The molecule has 0 saturated carbocycles. The minimum atomic E-state index is -0.471. The SMILES string of the molecule is COc1cc([N+](=O)[O-])c(C)cc1Oc1ccc(Cl)c(Cl)c1. The van der Waals surface area contributed by atoms with Crippen molar-refractivity contribution >= 4 is 28.9 Å². The van der Waals surface area contributed by atoms with Crippen molar-refractivity contribution < 1.29 is 14.4 Å². The molecule has 0 amide bonds. The van der Waals surface area contributed by atoms with Gasteiger partial charge in [0.25, 0.3) is 5.69 Å². The van der Waals surface area contributed by atoms with Crippen LogP contribution in [0.4, 0.5) is 5.69 Å². The maximum absolute atomic E-state index is 10.9. The Labute approximate surface area is 131 Å². The maximum atomic E-state index is 10.9. The Hall–Kier alpha value is -1.98. The van der Waals surface area contributed by atoms with Gasteiger partial charge < -0.3 is 9.47 Å². The molecular weight excluding hydrogens is 317 g/mol. The van der Waals surface area contributed by atoms with Gasteiger partial charge in [-0.3, -0.25) is 10.1 Å².